The van der Waals surface area contributed by atoms with E-state index in [4.69, 9.17) is 9.15 Å². The van der Waals surface area contributed by atoms with Gasteiger partial charge in [0.25, 0.3) is 5.91 Å². The number of phenolic OH excluding ortho intramolecular Hbond substituents is 1. The van der Waals surface area contributed by atoms with Crippen LogP contribution in [0.15, 0.2) is 57.7 Å². The van der Waals surface area contributed by atoms with E-state index in [1.54, 1.807) is 50.2 Å². The Morgan fingerprint density at radius 2 is 2.00 bits per heavy atom. The zero-order valence-electron chi connectivity index (χ0n) is 17.7. The Labute approximate surface area is 191 Å². The van der Waals surface area contributed by atoms with Crippen LogP contribution < -0.4 is 10.3 Å². The molecule has 0 saturated heterocycles. The SMILES string of the molecule is CCOC(=O)c1sc(N2C(=O)c3oc4ccccc4c(=O)c3[C@@H]2c2cccc(O)c2)nc1C. The predicted molar refractivity (Wildman–Crippen MR) is 122 cm³/mol. The maximum absolute atomic E-state index is 13.6. The lowest BCUT2D eigenvalue weighted by atomic mass is 9.98. The van der Waals surface area contributed by atoms with Crippen LogP contribution in [0.25, 0.3) is 11.0 Å². The molecule has 4 aromatic rings. The molecule has 0 bridgehead atoms. The molecule has 33 heavy (non-hydrogen) atoms. The van der Waals surface area contributed by atoms with Gasteiger partial charge >= 0.3 is 5.97 Å². The van der Waals surface area contributed by atoms with E-state index in [1.807, 2.05) is 0 Å². The number of hydrogen-bond donors (Lipinski definition) is 1. The number of aryl methyl sites for hydroxylation is 1. The van der Waals surface area contributed by atoms with E-state index in [0.29, 0.717) is 22.2 Å². The first-order valence-corrected chi connectivity index (χ1v) is 11.0. The van der Waals surface area contributed by atoms with Crippen molar-refractivity contribution in [2.75, 3.05) is 11.5 Å². The molecule has 0 aliphatic carbocycles. The topological polar surface area (TPSA) is 110 Å². The second-order valence-corrected chi connectivity index (χ2v) is 8.45. The van der Waals surface area contributed by atoms with Gasteiger partial charge in [0.2, 0.25) is 5.76 Å². The fraction of sp³-hybridized carbons (Fsp3) is 0.167. The van der Waals surface area contributed by atoms with Crippen molar-refractivity contribution in [2.45, 2.75) is 19.9 Å². The summed E-state index contributed by atoms with van der Waals surface area (Å²) in [7, 11) is 0. The van der Waals surface area contributed by atoms with Gasteiger partial charge in [0.15, 0.2) is 10.6 Å². The lowest BCUT2D eigenvalue weighted by molar-refractivity contribution is 0.0531. The number of carbonyl (C=O) groups excluding carboxylic acids is 2. The van der Waals surface area contributed by atoms with E-state index in [2.05, 4.69) is 4.98 Å². The number of anilines is 1. The molecule has 8 nitrogen and oxygen atoms in total. The van der Waals surface area contributed by atoms with Crippen molar-refractivity contribution in [1.82, 2.24) is 4.98 Å². The second-order valence-electron chi connectivity index (χ2n) is 7.47. The Hall–Kier alpha value is -3.98. The molecule has 166 valence electrons. The van der Waals surface area contributed by atoms with Gasteiger partial charge in [0, 0.05) is 0 Å². The summed E-state index contributed by atoms with van der Waals surface area (Å²) in [4.78, 5) is 45.4. The van der Waals surface area contributed by atoms with Gasteiger partial charge in [-0.15, -0.1) is 0 Å². The lowest BCUT2D eigenvalue weighted by Crippen LogP contribution is -2.29. The molecule has 1 N–H and O–H groups in total. The van der Waals surface area contributed by atoms with Gasteiger partial charge in [-0.05, 0) is 43.7 Å². The summed E-state index contributed by atoms with van der Waals surface area (Å²) in [5.74, 6) is -1.18. The van der Waals surface area contributed by atoms with Crippen molar-refractivity contribution in [2.24, 2.45) is 0 Å². The Bertz CT molecular complexity index is 1490. The van der Waals surface area contributed by atoms with E-state index in [1.165, 1.54) is 17.0 Å². The van der Waals surface area contributed by atoms with Gasteiger partial charge in [-0.3, -0.25) is 14.5 Å². The van der Waals surface area contributed by atoms with Crippen LogP contribution in [0.4, 0.5) is 5.13 Å². The zero-order valence-corrected chi connectivity index (χ0v) is 18.5. The van der Waals surface area contributed by atoms with Crippen LogP contribution in [0, 0.1) is 6.92 Å². The Morgan fingerprint density at radius 1 is 1.21 bits per heavy atom. The summed E-state index contributed by atoms with van der Waals surface area (Å²) >= 11 is 1.01. The highest BCUT2D eigenvalue weighted by Gasteiger charge is 2.45. The van der Waals surface area contributed by atoms with Crippen LogP contribution in [0.1, 0.15) is 50.0 Å². The summed E-state index contributed by atoms with van der Waals surface area (Å²) in [5.41, 5.74) is 1.05. The second kappa shape index (κ2) is 7.86. The largest absolute Gasteiger partial charge is 0.508 e. The predicted octanol–water partition coefficient (Wildman–Crippen LogP) is 4.19. The Balaban J connectivity index is 1.75. The number of nitrogens with zero attached hydrogens (tertiary/aromatic N) is 2. The van der Waals surface area contributed by atoms with Crippen LogP contribution in [0.2, 0.25) is 0 Å². The molecular weight excluding hydrogens is 444 g/mol. The fourth-order valence-electron chi connectivity index (χ4n) is 4.00. The third-order valence-electron chi connectivity index (χ3n) is 5.42. The molecule has 1 amide bonds. The number of aromatic hydroxyl groups is 1. The third kappa shape index (κ3) is 3.28. The van der Waals surface area contributed by atoms with E-state index < -0.39 is 17.9 Å². The van der Waals surface area contributed by atoms with Crippen LogP contribution in [0.3, 0.4) is 0 Å². The number of benzene rings is 2. The number of ether oxygens (including phenoxy) is 1. The molecule has 5 rings (SSSR count). The molecule has 0 unspecified atom stereocenters. The molecular formula is C24H18N2O6S. The standard InChI is InChI=1S/C24H18N2O6S/c1-3-31-23(30)21-12(2)25-24(33-21)26-18(13-7-6-8-14(27)11-13)17-19(28)15-9-4-5-10-16(15)32-20(17)22(26)29/h4-11,18,27H,3H2,1-2H3/t18-/m0/s1. The molecule has 0 fully saturated rings. The third-order valence-corrected chi connectivity index (χ3v) is 6.55. The van der Waals surface area contributed by atoms with Crippen molar-refractivity contribution in [3.63, 3.8) is 0 Å². The molecule has 3 heterocycles. The number of fused-ring (bicyclic) bond motifs is 2. The molecule has 1 aliphatic rings. The van der Waals surface area contributed by atoms with Gasteiger partial charge in [-0.25, -0.2) is 9.78 Å². The van der Waals surface area contributed by atoms with Crippen molar-refractivity contribution in [3.05, 3.63) is 86.2 Å². The van der Waals surface area contributed by atoms with E-state index in [0.717, 1.165) is 11.3 Å². The molecule has 1 atom stereocenters. The Morgan fingerprint density at radius 3 is 2.76 bits per heavy atom. The lowest BCUT2D eigenvalue weighted by Gasteiger charge is -2.22. The number of hydrogen-bond acceptors (Lipinski definition) is 8. The van der Waals surface area contributed by atoms with E-state index in [-0.39, 0.29) is 39.1 Å². The molecule has 0 saturated carbocycles. The first kappa shape index (κ1) is 20.9. The quantitative estimate of drug-likeness (QED) is 0.453. The maximum atomic E-state index is 13.6. The van der Waals surface area contributed by atoms with Crippen LogP contribution in [-0.2, 0) is 4.74 Å². The minimum atomic E-state index is -0.888. The normalized spacial score (nSPS) is 15.2. The smallest absolute Gasteiger partial charge is 0.350 e. The molecule has 0 radical (unpaired) electrons. The summed E-state index contributed by atoms with van der Waals surface area (Å²) in [6, 6.07) is 12.1. The first-order valence-electron chi connectivity index (χ1n) is 10.2. The average Bonchev–Trinajstić information content (AvgIpc) is 3.32. The minimum absolute atomic E-state index is 0.0129. The highest BCUT2D eigenvalue weighted by molar-refractivity contribution is 7.17. The summed E-state index contributed by atoms with van der Waals surface area (Å²) in [6.45, 7) is 3.56. The number of para-hydroxylation sites is 1. The first-order chi connectivity index (χ1) is 15.9. The summed E-state index contributed by atoms with van der Waals surface area (Å²) in [6.07, 6.45) is 0. The number of thiazole rings is 1. The number of carbonyl (C=O) groups is 2. The van der Waals surface area contributed by atoms with Crippen LogP contribution >= 0.6 is 11.3 Å². The Kier molecular flexibility index (Phi) is 4.98. The zero-order chi connectivity index (χ0) is 23.3. The van der Waals surface area contributed by atoms with E-state index in [9.17, 15) is 19.5 Å². The molecule has 9 heteroatoms. The monoisotopic (exact) mass is 462 g/mol. The van der Waals surface area contributed by atoms with Gasteiger partial charge < -0.3 is 14.3 Å². The highest BCUT2D eigenvalue weighted by atomic mass is 32.1. The van der Waals surface area contributed by atoms with Gasteiger partial charge in [-0.1, -0.05) is 35.6 Å². The fourth-order valence-corrected chi connectivity index (χ4v) is 4.99. The van der Waals surface area contributed by atoms with Gasteiger partial charge in [0.1, 0.15) is 16.2 Å². The minimum Gasteiger partial charge on any atom is -0.508 e. The van der Waals surface area contributed by atoms with Crippen molar-refractivity contribution >= 4 is 39.3 Å². The molecule has 2 aromatic carbocycles. The number of phenols is 1. The van der Waals surface area contributed by atoms with Crippen LogP contribution in [0.5, 0.6) is 5.75 Å². The molecule has 2 aromatic heterocycles. The van der Waals surface area contributed by atoms with Crippen molar-refractivity contribution < 1.29 is 23.8 Å². The van der Waals surface area contributed by atoms with Crippen LogP contribution in [-0.4, -0.2) is 28.6 Å². The van der Waals surface area contributed by atoms with E-state index >= 15 is 0 Å². The number of amides is 1. The van der Waals surface area contributed by atoms with Gasteiger partial charge in [-0.2, -0.15) is 0 Å². The number of aromatic nitrogens is 1. The average molecular weight is 462 g/mol. The summed E-state index contributed by atoms with van der Waals surface area (Å²) in [5, 5.41) is 10.7. The molecule has 0 spiro atoms. The van der Waals surface area contributed by atoms with Gasteiger partial charge in [0.05, 0.1) is 29.3 Å². The number of rotatable bonds is 4. The molecule has 1 aliphatic heterocycles. The maximum Gasteiger partial charge on any atom is 0.350 e. The van der Waals surface area contributed by atoms with Crippen molar-refractivity contribution in [3.8, 4) is 5.75 Å². The summed E-state index contributed by atoms with van der Waals surface area (Å²) < 4.78 is 11.0. The van der Waals surface area contributed by atoms with Crippen molar-refractivity contribution in [1.29, 1.82) is 0 Å². The number of esters is 1. The highest BCUT2D eigenvalue weighted by Crippen LogP contribution is 2.43.